The van der Waals surface area contributed by atoms with Crippen molar-refractivity contribution in [2.45, 2.75) is 40.2 Å². The summed E-state index contributed by atoms with van der Waals surface area (Å²) in [5.41, 5.74) is 0. The number of nitrogens with zero attached hydrogens (tertiary/aromatic N) is 6. The fraction of sp³-hybridized carbons (Fsp3) is 0.824. The summed E-state index contributed by atoms with van der Waals surface area (Å²) in [6, 6.07) is 0.581. The molecule has 0 radical (unpaired) electrons. The number of aromatic nitrogens is 2. The highest BCUT2D eigenvalue weighted by Crippen LogP contribution is 2.19. The van der Waals surface area contributed by atoms with Crippen LogP contribution in [0.5, 0.6) is 0 Å². The molecule has 0 bridgehead atoms. The maximum atomic E-state index is 4.60. The van der Waals surface area contributed by atoms with Gasteiger partial charge in [-0.15, -0.1) is 0 Å². The molecule has 8 heteroatoms. The van der Waals surface area contributed by atoms with E-state index in [1.807, 2.05) is 7.05 Å². The Morgan fingerprint density at radius 1 is 1.28 bits per heavy atom. The fourth-order valence-corrected chi connectivity index (χ4v) is 3.85. The van der Waals surface area contributed by atoms with Crippen molar-refractivity contribution in [3.8, 4) is 0 Å². The highest BCUT2D eigenvalue weighted by atomic mass is 32.1. The summed E-state index contributed by atoms with van der Waals surface area (Å²) in [6.07, 6.45) is 0.901. The van der Waals surface area contributed by atoms with Gasteiger partial charge in [0.1, 0.15) is 5.82 Å². The van der Waals surface area contributed by atoms with Gasteiger partial charge in [-0.2, -0.15) is 4.37 Å². The second kappa shape index (κ2) is 9.91. The lowest BCUT2D eigenvalue weighted by molar-refractivity contribution is 0.236. The lowest BCUT2D eigenvalue weighted by atomic mass is 10.3. The first-order valence-electron chi connectivity index (χ1n) is 9.36. The summed E-state index contributed by atoms with van der Waals surface area (Å²) in [5.74, 6) is 1.96. The van der Waals surface area contributed by atoms with Gasteiger partial charge in [0.15, 0.2) is 5.96 Å². The Balaban J connectivity index is 1.79. The Morgan fingerprint density at radius 3 is 2.52 bits per heavy atom. The summed E-state index contributed by atoms with van der Waals surface area (Å²) in [6.45, 7) is 15.7. The molecule has 0 spiro atoms. The number of likely N-dealkylation sites (N-methyl/N-ethyl adjacent to an activating group) is 1. The van der Waals surface area contributed by atoms with Crippen molar-refractivity contribution >= 4 is 22.6 Å². The highest BCUT2D eigenvalue weighted by Gasteiger charge is 2.22. The van der Waals surface area contributed by atoms with E-state index in [9.17, 15) is 0 Å². The number of nitrogens with one attached hydrogen (secondary N) is 1. The number of piperazine rings is 1. The number of hydrogen-bond acceptors (Lipinski definition) is 6. The van der Waals surface area contributed by atoms with Crippen LogP contribution in [0.3, 0.4) is 0 Å². The topological polar surface area (TPSA) is 59.9 Å². The quantitative estimate of drug-likeness (QED) is 0.583. The second-order valence-electron chi connectivity index (χ2n) is 6.52. The number of rotatable bonds is 7. The van der Waals surface area contributed by atoms with Crippen LogP contribution in [0.1, 0.15) is 33.5 Å². The first kappa shape index (κ1) is 19.9. The monoisotopic (exact) mass is 367 g/mol. The third kappa shape index (κ3) is 5.54. The summed E-state index contributed by atoms with van der Waals surface area (Å²) >= 11 is 1.51. The lowest BCUT2D eigenvalue weighted by Gasteiger charge is -2.36. The number of aliphatic imine (C=N–C) groups is 1. The molecular weight excluding hydrogens is 334 g/mol. The number of aryl methyl sites for hydroxylation is 1. The van der Waals surface area contributed by atoms with Crippen LogP contribution < -0.4 is 10.2 Å². The third-order valence-electron chi connectivity index (χ3n) is 4.65. The summed E-state index contributed by atoms with van der Waals surface area (Å²) in [5, 5.41) is 4.57. The minimum atomic E-state index is 0.581. The molecule has 2 rings (SSSR count). The van der Waals surface area contributed by atoms with Crippen molar-refractivity contribution in [1.29, 1.82) is 0 Å². The van der Waals surface area contributed by atoms with E-state index >= 15 is 0 Å². The van der Waals surface area contributed by atoms with Crippen LogP contribution in [0.15, 0.2) is 4.99 Å². The Bertz CT molecular complexity index is 535. The molecule has 2 heterocycles. The van der Waals surface area contributed by atoms with E-state index in [1.165, 1.54) is 11.5 Å². The van der Waals surface area contributed by atoms with Crippen molar-refractivity contribution < 1.29 is 0 Å². The zero-order chi connectivity index (χ0) is 18.2. The Hall–Kier alpha value is -1.41. The third-order valence-corrected chi connectivity index (χ3v) is 5.47. The average molecular weight is 368 g/mol. The minimum absolute atomic E-state index is 0.581. The van der Waals surface area contributed by atoms with Crippen molar-refractivity contribution in [3.63, 3.8) is 0 Å². The molecule has 0 atom stereocenters. The maximum absolute atomic E-state index is 4.60. The van der Waals surface area contributed by atoms with Gasteiger partial charge >= 0.3 is 0 Å². The summed E-state index contributed by atoms with van der Waals surface area (Å²) in [7, 11) is 1.87. The molecule has 1 fully saturated rings. The molecule has 0 unspecified atom stereocenters. The fourth-order valence-electron chi connectivity index (χ4n) is 3.05. The smallest absolute Gasteiger partial charge is 0.205 e. The molecule has 1 aromatic heterocycles. The molecule has 1 N–H and O–H groups in total. The normalized spacial score (nSPS) is 16.2. The van der Waals surface area contributed by atoms with E-state index < -0.39 is 0 Å². The van der Waals surface area contributed by atoms with Gasteiger partial charge < -0.3 is 15.1 Å². The molecule has 0 aromatic carbocycles. The van der Waals surface area contributed by atoms with Gasteiger partial charge in [-0.1, -0.05) is 13.8 Å². The Labute approximate surface area is 156 Å². The molecule has 1 saturated heterocycles. The van der Waals surface area contributed by atoms with Crippen molar-refractivity contribution in [3.05, 3.63) is 5.82 Å². The van der Waals surface area contributed by atoms with Gasteiger partial charge in [-0.25, -0.2) is 4.98 Å². The molecule has 0 aliphatic carbocycles. The first-order valence-corrected chi connectivity index (χ1v) is 10.1. The van der Waals surface area contributed by atoms with Crippen LogP contribution in [0.25, 0.3) is 0 Å². The van der Waals surface area contributed by atoms with E-state index in [0.29, 0.717) is 6.04 Å². The van der Waals surface area contributed by atoms with Crippen LogP contribution in [-0.2, 0) is 6.42 Å². The van der Waals surface area contributed by atoms with E-state index in [-0.39, 0.29) is 0 Å². The molecule has 1 aromatic rings. The minimum Gasteiger partial charge on any atom is -0.355 e. The van der Waals surface area contributed by atoms with Crippen LogP contribution in [0.2, 0.25) is 0 Å². The van der Waals surface area contributed by atoms with Gasteiger partial charge in [0.05, 0.1) is 0 Å². The van der Waals surface area contributed by atoms with Gasteiger partial charge in [0.25, 0.3) is 0 Å². The number of guanidine groups is 1. The van der Waals surface area contributed by atoms with E-state index in [4.69, 9.17) is 0 Å². The predicted octanol–water partition coefficient (Wildman–Crippen LogP) is 1.53. The lowest BCUT2D eigenvalue weighted by Crippen LogP contribution is -2.53. The zero-order valence-corrected chi connectivity index (χ0v) is 17.1. The van der Waals surface area contributed by atoms with Crippen molar-refractivity contribution in [2.24, 2.45) is 4.99 Å². The molecule has 142 valence electrons. The molecular formula is C17H33N7S. The van der Waals surface area contributed by atoms with Crippen LogP contribution in [-0.4, -0.2) is 84.0 Å². The molecule has 1 aliphatic rings. The maximum Gasteiger partial charge on any atom is 0.205 e. The zero-order valence-electron chi connectivity index (χ0n) is 16.3. The Kier molecular flexibility index (Phi) is 7.90. The van der Waals surface area contributed by atoms with E-state index in [0.717, 1.165) is 69.1 Å². The average Bonchev–Trinajstić information content (AvgIpc) is 3.11. The highest BCUT2D eigenvalue weighted by molar-refractivity contribution is 7.09. The molecule has 0 amide bonds. The van der Waals surface area contributed by atoms with Crippen molar-refractivity contribution in [2.75, 3.05) is 57.8 Å². The Morgan fingerprint density at radius 2 is 2.00 bits per heavy atom. The summed E-state index contributed by atoms with van der Waals surface area (Å²) in [4.78, 5) is 16.2. The van der Waals surface area contributed by atoms with Gasteiger partial charge in [-0.05, 0) is 20.4 Å². The van der Waals surface area contributed by atoms with E-state index in [1.54, 1.807) is 0 Å². The standard InChI is InChI=1S/C17H33N7S/c1-6-15-20-17(25-21-15)24-12-10-23(11-13-24)16(18-5)19-8-9-22(7-2)14(3)4/h14H,6-13H2,1-5H3,(H,18,19). The summed E-state index contributed by atoms with van der Waals surface area (Å²) < 4.78 is 4.39. The first-order chi connectivity index (χ1) is 12.1. The number of anilines is 1. The van der Waals surface area contributed by atoms with Crippen LogP contribution >= 0.6 is 11.5 Å². The molecule has 0 saturated carbocycles. The van der Waals surface area contributed by atoms with Gasteiger partial charge in [0, 0.05) is 70.3 Å². The van der Waals surface area contributed by atoms with Crippen LogP contribution in [0, 0.1) is 0 Å². The number of hydrogen-bond donors (Lipinski definition) is 1. The SMILES string of the molecule is CCc1nsc(N2CCN(C(=NC)NCCN(CC)C(C)C)CC2)n1. The molecule has 1 aliphatic heterocycles. The largest absolute Gasteiger partial charge is 0.355 e. The predicted molar refractivity (Wildman–Crippen MR) is 107 cm³/mol. The molecule has 7 nitrogen and oxygen atoms in total. The second-order valence-corrected chi connectivity index (χ2v) is 7.25. The van der Waals surface area contributed by atoms with Gasteiger partial charge in [-0.3, -0.25) is 9.89 Å². The van der Waals surface area contributed by atoms with E-state index in [2.05, 4.69) is 62.1 Å². The molecule has 25 heavy (non-hydrogen) atoms. The van der Waals surface area contributed by atoms with Gasteiger partial charge in [0.2, 0.25) is 5.13 Å². The van der Waals surface area contributed by atoms with Crippen LogP contribution in [0.4, 0.5) is 5.13 Å². The van der Waals surface area contributed by atoms with Crippen molar-refractivity contribution in [1.82, 2.24) is 24.5 Å².